The fraction of sp³-hybridized carbons (Fsp3) is 0.450. The Morgan fingerprint density at radius 1 is 1.36 bits per heavy atom. The smallest absolute Gasteiger partial charge is 0.435 e. The molecule has 3 rings (SSSR count). The standard InChI is InChI=1S/C20H23N5O3/c1-12(14-8-9-16(21-5)22-11-14)18(26)23-17-10-15(13-6-7-13)25(24-17)19(27)28-20(2,3)4/h8-13H,6-7H2,1-4H3,(H,23,24,26). The van der Waals surface area contributed by atoms with E-state index in [1.54, 1.807) is 45.9 Å². The molecule has 0 aromatic carbocycles. The van der Waals surface area contributed by atoms with E-state index in [-0.39, 0.29) is 17.6 Å². The number of nitrogens with zero attached hydrogens (tertiary/aromatic N) is 4. The number of carbonyl (C=O) groups excluding carboxylic acids is 2. The van der Waals surface area contributed by atoms with Crippen LogP contribution in [0.3, 0.4) is 0 Å². The highest BCUT2D eigenvalue weighted by Crippen LogP contribution is 2.41. The highest BCUT2D eigenvalue weighted by atomic mass is 16.6. The SMILES string of the molecule is [C-]#[N+]c1ccc(C(C)C(=O)Nc2cc(C3CC3)n(C(=O)OC(C)(C)C)n2)cn1. The summed E-state index contributed by atoms with van der Waals surface area (Å²) in [4.78, 5) is 32.3. The molecule has 1 unspecified atom stereocenters. The zero-order valence-corrected chi connectivity index (χ0v) is 16.4. The minimum Gasteiger partial charge on any atom is -0.442 e. The topological polar surface area (TPSA) is 90.5 Å². The Morgan fingerprint density at radius 3 is 2.61 bits per heavy atom. The molecular weight excluding hydrogens is 358 g/mol. The average Bonchev–Trinajstić information content (AvgIpc) is 3.40. The van der Waals surface area contributed by atoms with E-state index in [1.807, 2.05) is 0 Å². The third kappa shape index (κ3) is 4.55. The number of aromatic nitrogens is 3. The van der Waals surface area contributed by atoms with Crippen LogP contribution in [0.5, 0.6) is 0 Å². The van der Waals surface area contributed by atoms with E-state index < -0.39 is 17.6 Å². The van der Waals surface area contributed by atoms with Crippen molar-refractivity contribution in [2.75, 3.05) is 5.32 Å². The summed E-state index contributed by atoms with van der Waals surface area (Å²) in [6.07, 6.45) is 2.93. The molecule has 1 atom stereocenters. The van der Waals surface area contributed by atoms with Gasteiger partial charge in [0.15, 0.2) is 5.82 Å². The molecule has 2 aromatic heterocycles. The Bertz CT molecular complexity index is 930. The summed E-state index contributed by atoms with van der Waals surface area (Å²) in [5.74, 6) is 0.0993. The molecule has 146 valence electrons. The van der Waals surface area contributed by atoms with Crippen molar-refractivity contribution < 1.29 is 14.3 Å². The van der Waals surface area contributed by atoms with Gasteiger partial charge in [-0.3, -0.25) is 4.79 Å². The fourth-order valence-corrected chi connectivity index (χ4v) is 2.68. The maximum atomic E-state index is 12.6. The number of ether oxygens (including phenoxy) is 1. The summed E-state index contributed by atoms with van der Waals surface area (Å²) in [7, 11) is 0. The second-order valence-corrected chi connectivity index (χ2v) is 7.89. The third-order valence-corrected chi connectivity index (χ3v) is 4.33. The highest BCUT2D eigenvalue weighted by molar-refractivity contribution is 5.95. The first kappa shape index (κ1) is 19.5. The molecule has 1 saturated carbocycles. The quantitative estimate of drug-likeness (QED) is 0.800. The summed E-state index contributed by atoms with van der Waals surface area (Å²) < 4.78 is 6.66. The fourth-order valence-electron chi connectivity index (χ4n) is 2.68. The minimum atomic E-state index is -0.633. The number of amides is 1. The van der Waals surface area contributed by atoms with E-state index in [2.05, 4.69) is 20.2 Å². The molecule has 0 aliphatic heterocycles. The maximum absolute atomic E-state index is 12.6. The first-order valence-corrected chi connectivity index (χ1v) is 9.15. The van der Waals surface area contributed by atoms with Gasteiger partial charge in [-0.25, -0.2) is 4.79 Å². The van der Waals surface area contributed by atoms with Gasteiger partial charge in [0, 0.05) is 17.5 Å². The molecule has 0 saturated heterocycles. The van der Waals surface area contributed by atoms with E-state index in [0.717, 1.165) is 18.5 Å². The third-order valence-electron chi connectivity index (χ3n) is 4.33. The molecule has 0 spiro atoms. The summed E-state index contributed by atoms with van der Waals surface area (Å²) in [5, 5.41) is 7.02. The van der Waals surface area contributed by atoms with Crippen LogP contribution in [0.4, 0.5) is 16.4 Å². The van der Waals surface area contributed by atoms with Crippen LogP contribution >= 0.6 is 0 Å². The van der Waals surface area contributed by atoms with Gasteiger partial charge in [-0.2, -0.15) is 4.68 Å². The van der Waals surface area contributed by atoms with Gasteiger partial charge >= 0.3 is 6.09 Å². The number of anilines is 1. The van der Waals surface area contributed by atoms with Gasteiger partial charge in [-0.1, -0.05) is 12.6 Å². The molecule has 8 nitrogen and oxygen atoms in total. The van der Waals surface area contributed by atoms with Crippen molar-refractivity contribution in [1.82, 2.24) is 14.8 Å². The van der Waals surface area contributed by atoms with Gasteiger partial charge in [0.05, 0.1) is 11.6 Å². The molecule has 1 N–H and O–H groups in total. The molecule has 2 heterocycles. The number of carbonyl (C=O) groups is 2. The van der Waals surface area contributed by atoms with E-state index in [0.29, 0.717) is 11.4 Å². The first-order chi connectivity index (χ1) is 13.2. The number of nitrogens with one attached hydrogen (secondary N) is 1. The van der Waals surface area contributed by atoms with Crippen LogP contribution in [0.15, 0.2) is 24.4 Å². The highest BCUT2D eigenvalue weighted by Gasteiger charge is 2.32. The Hall–Kier alpha value is -3.21. The second-order valence-electron chi connectivity index (χ2n) is 7.89. The monoisotopic (exact) mass is 381 g/mol. The largest absolute Gasteiger partial charge is 0.442 e. The molecular formula is C20H23N5O3. The van der Waals surface area contributed by atoms with Crippen LogP contribution in [0.2, 0.25) is 0 Å². The lowest BCUT2D eigenvalue weighted by atomic mass is 10.0. The van der Waals surface area contributed by atoms with Crippen molar-refractivity contribution >= 4 is 23.6 Å². The number of pyridine rings is 1. The van der Waals surface area contributed by atoms with Gasteiger partial charge in [-0.15, -0.1) is 10.1 Å². The molecule has 1 aliphatic carbocycles. The van der Waals surface area contributed by atoms with Gasteiger partial charge in [0.1, 0.15) is 11.8 Å². The Morgan fingerprint density at radius 2 is 2.07 bits per heavy atom. The molecule has 1 fully saturated rings. The van der Waals surface area contributed by atoms with Gasteiger partial charge in [0.25, 0.3) is 5.82 Å². The Labute approximate surface area is 163 Å². The second kappa shape index (κ2) is 7.43. The van der Waals surface area contributed by atoms with E-state index in [1.165, 1.54) is 10.9 Å². The minimum absolute atomic E-state index is 0.258. The summed E-state index contributed by atoms with van der Waals surface area (Å²) in [6.45, 7) is 14.1. The normalized spacial score (nSPS) is 14.8. The van der Waals surface area contributed by atoms with Gasteiger partial charge < -0.3 is 14.9 Å². The van der Waals surface area contributed by atoms with E-state index in [4.69, 9.17) is 11.3 Å². The summed E-state index contributed by atoms with van der Waals surface area (Å²) >= 11 is 0. The van der Waals surface area contributed by atoms with Crippen molar-refractivity contribution in [3.8, 4) is 0 Å². The number of hydrogen-bond donors (Lipinski definition) is 1. The Kier molecular flexibility index (Phi) is 5.18. The van der Waals surface area contributed by atoms with Crippen LogP contribution < -0.4 is 5.32 Å². The van der Waals surface area contributed by atoms with Crippen molar-refractivity contribution in [3.63, 3.8) is 0 Å². The van der Waals surface area contributed by atoms with Crippen LogP contribution in [0, 0.1) is 6.57 Å². The maximum Gasteiger partial charge on any atom is 0.435 e. The first-order valence-electron chi connectivity index (χ1n) is 9.15. The molecule has 8 heteroatoms. The zero-order valence-electron chi connectivity index (χ0n) is 16.4. The molecule has 1 amide bonds. The Balaban J connectivity index is 1.76. The van der Waals surface area contributed by atoms with Gasteiger partial charge in [0.2, 0.25) is 5.91 Å². The molecule has 0 radical (unpaired) electrons. The lowest BCUT2D eigenvalue weighted by Gasteiger charge is -2.19. The van der Waals surface area contributed by atoms with Crippen LogP contribution in [-0.4, -0.2) is 32.4 Å². The molecule has 2 aromatic rings. The number of hydrogen-bond acceptors (Lipinski definition) is 5. The van der Waals surface area contributed by atoms with Crippen molar-refractivity contribution in [3.05, 3.63) is 47.1 Å². The predicted molar refractivity (Wildman–Crippen MR) is 103 cm³/mol. The molecule has 0 bridgehead atoms. The van der Waals surface area contributed by atoms with Crippen molar-refractivity contribution in [2.24, 2.45) is 0 Å². The van der Waals surface area contributed by atoms with E-state index in [9.17, 15) is 9.59 Å². The summed E-state index contributed by atoms with van der Waals surface area (Å²) in [6, 6.07) is 5.01. The zero-order chi connectivity index (χ0) is 20.5. The van der Waals surface area contributed by atoms with Crippen LogP contribution in [0.25, 0.3) is 4.85 Å². The summed E-state index contributed by atoms with van der Waals surface area (Å²) in [5.41, 5.74) is 0.811. The lowest BCUT2D eigenvalue weighted by molar-refractivity contribution is -0.117. The van der Waals surface area contributed by atoms with E-state index >= 15 is 0 Å². The molecule has 28 heavy (non-hydrogen) atoms. The van der Waals surface area contributed by atoms with Crippen LogP contribution in [0.1, 0.15) is 63.6 Å². The van der Waals surface area contributed by atoms with Gasteiger partial charge in [-0.05, 0) is 46.6 Å². The molecule has 1 aliphatic rings. The van der Waals surface area contributed by atoms with Crippen LogP contribution in [-0.2, 0) is 9.53 Å². The van der Waals surface area contributed by atoms with Crippen molar-refractivity contribution in [1.29, 1.82) is 0 Å². The number of rotatable bonds is 4. The average molecular weight is 381 g/mol. The van der Waals surface area contributed by atoms with Crippen molar-refractivity contribution in [2.45, 2.75) is 58.0 Å². The predicted octanol–water partition coefficient (Wildman–Crippen LogP) is 4.23. The lowest BCUT2D eigenvalue weighted by Crippen LogP contribution is -2.28.